The third kappa shape index (κ3) is 8.73. The van der Waals surface area contributed by atoms with Gasteiger partial charge >= 0.3 is 0 Å². The molecule has 0 bridgehead atoms. The van der Waals surface area contributed by atoms with Crippen molar-refractivity contribution in [1.82, 2.24) is 25.5 Å². The van der Waals surface area contributed by atoms with Crippen molar-refractivity contribution in [3.8, 4) is 0 Å². The maximum atomic E-state index is 15.4. The number of piperidine rings is 2. The highest BCUT2D eigenvalue weighted by atomic mass is 19.1. The minimum atomic E-state index is -0.156. The van der Waals surface area contributed by atoms with E-state index < -0.39 is 0 Å². The van der Waals surface area contributed by atoms with Gasteiger partial charge in [0.2, 0.25) is 5.95 Å². The SMILES string of the molecule is C=C1CCC(Nc2ccc(N3CCC(CN4CC5(C4)CC(CCC)(NC(=C)c4ccc(Nc6ncc7c(n6)N(C6CCCC6)C(CC)C(=C)N7C)c(CC)c4)C5)CC3)c(F)c2)C(=C)N1. The number of aryl methyl sites for hydroxylation is 1. The second kappa shape index (κ2) is 18.1. The Balaban J connectivity index is 0.768. The Morgan fingerprint density at radius 3 is 2.41 bits per heavy atom. The van der Waals surface area contributed by atoms with E-state index >= 15 is 4.39 Å². The van der Waals surface area contributed by atoms with E-state index in [2.05, 4.69) is 113 Å². The van der Waals surface area contributed by atoms with Crippen molar-refractivity contribution in [2.24, 2.45) is 11.3 Å². The molecule has 5 heterocycles. The molecule has 4 N–H and O–H groups in total. The average Bonchev–Trinajstić information content (AvgIpc) is 3.80. The molecule has 1 spiro atoms. The van der Waals surface area contributed by atoms with Crippen molar-refractivity contribution in [2.45, 2.75) is 134 Å². The fourth-order valence-corrected chi connectivity index (χ4v) is 12.5. The molecule has 4 aliphatic heterocycles. The van der Waals surface area contributed by atoms with Gasteiger partial charge in [0.25, 0.3) is 0 Å². The van der Waals surface area contributed by atoms with Crippen LogP contribution in [0.15, 0.2) is 86.0 Å². The fraction of sp³-hybridized carbons (Fsp3) is 0.547. The number of nitrogens with one attached hydrogen (secondary N) is 4. The van der Waals surface area contributed by atoms with Crippen LogP contribution in [0.25, 0.3) is 5.70 Å². The minimum Gasteiger partial charge on any atom is -0.380 e. The Morgan fingerprint density at radius 1 is 0.953 bits per heavy atom. The molecular formula is C53H73FN10. The summed E-state index contributed by atoms with van der Waals surface area (Å²) in [4.78, 5) is 19.7. The molecule has 2 unspecified atom stereocenters. The third-order valence-electron chi connectivity index (χ3n) is 15.6. The lowest BCUT2D eigenvalue weighted by Crippen LogP contribution is -2.71. The van der Waals surface area contributed by atoms with Gasteiger partial charge in [-0.05, 0) is 118 Å². The van der Waals surface area contributed by atoms with Gasteiger partial charge in [0.05, 0.1) is 24.0 Å². The largest absolute Gasteiger partial charge is 0.380 e. The van der Waals surface area contributed by atoms with Crippen molar-refractivity contribution in [3.05, 3.63) is 103 Å². The van der Waals surface area contributed by atoms with E-state index in [0.717, 1.165) is 122 Å². The topological polar surface area (TPSA) is 86.9 Å². The van der Waals surface area contributed by atoms with Crippen LogP contribution in [0.5, 0.6) is 0 Å². The first-order valence-electron chi connectivity index (χ1n) is 24.5. The van der Waals surface area contributed by atoms with Crippen molar-refractivity contribution in [1.29, 1.82) is 0 Å². The molecule has 2 atom stereocenters. The van der Waals surface area contributed by atoms with E-state index in [-0.39, 0.29) is 23.4 Å². The summed E-state index contributed by atoms with van der Waals surface area (Å²) in [6.45, 7) is 29.3. The Bertz CT molecular complexity index is 2240. The van der Waals surface area contributed by atoms with Crippen LogP contribution in [0.2, 0.25) is 0 Å². The molecule has 2 aromatic carbocycles. The van der Waals surface area contributed by atoms with Crippen LogP contribution in [0.3, 0.4) is 0 Å². The van der Waals surface area contributed by atoms with E-state index in [0.29, 0.717) is 29.0 Å². The molecule has 11 heteroatoms. The summed E-state index contributed by atoms with van der Waals surface area (Å²) in [6.07, 6.45) is 17.5. The van der Waals surface area contributed by atoms with Gasteiger partial charge in [-0.1, -0.05) is 72.4 Å². The van der Waals surface area contributed by atoms with E-state index in [1.165, 1.54) is 57.2 Å². The monoisotopic (exact) mass is 869 g/mol. The number of hydrogen-bond donors (Lipinski definition) is 4. The molecule has 3 aromatic rings. The molecule has 0 amide bonds. The molecule has 10 nitrogen and oxygen atoms in total. The molecule has 5 fully saturated rings. The van der Waals surface area contributed by atoms with Gasteiger partial charge in [-0.2, -0.15) is 4.98 Å². The van der Waals surface area contributed by atoms with Gasteiger partial charge in [0, 0.05) is 90.9 Å². The Labute approximate surface area is 382 Å². The maximum absolute atomic E-state index is 15.4. The van der Waals surface area contributed by atoms with Crippen molar-refractivity contribution in [2.75, 3.05) is 65.1 Å². The third-order valence-corrected chi connectivity index (χ3v) is 15.6. The number of fused-ring (bicyclic) bond motifs is 1. The molecule has 6 aliphatic rings. The Kier molecular flexibility index (Phi) is 12.5. The van der Waals surface area contributed by atoms with Crippen LogP contribution in [-0.4, -0.2) is 78.3 Å². The number of hydrogen-bond acceptors (Lipinski definition) is 10. The lowest BCUT2D eigenvalue weighted by molar-refractivity contribution is -0.120. The summed E-state index contributed by atoms with van der Waals surface area (Å²) in [5, 5.41) is 14.3. The summed E-state index contributed by atoms with van der Waals surface area (Å²) < 4.78 is 15.4. The molecule has 2 saturated carbocycles. The maximum Gasteiger partial charge on any atom is 0.229 e. The smallest absolute Gasteiger partial charge is 0.229 e. The van der Waals surface area contributed by atoms with E-state index in [9.17, 15) is 0 Å². The summed E-state index contributed by atoms with van der Waals surface area (Å²) in [7, 11) is 2.10. The summed E-state index contributed by atoms with van der Waals surface area (Å²) >= 11 is 0. The first-order chi connectivity index (χ1) is 30.9. The number of likely N-dealkylation sites (N-methyl/N-ethyl adjacent to an activating group) is 1. The van der Waals surface area contributed by atoms with Gasteiger partial charge in [0.15, 0.2) is 5.82 Å². The average molecular weight is 869 g/mol. The molecule has 1 aromatic heterocycles. The van der Waals surface area contributed by atoms with Gasteiger partial charge in [0.1, 0.15) is 11.5 Å². The number of allylic oxidation sites excluding steroid dienone is 1. The first kappa shape index (κ1) is 44.2. The summed E-state index contributed by atoms with van der Waals surface area (Å²) in [6, 6.07) is 13.1. The van der Waals surface area contributed by atoms with E-state index in [4.69, 9.17) is 9.97 Å². The number of rotatable bonds is 15. The fourth-order valence-electron chi connectivity index (χ4n) is 12.5. The van der Waals surface area contributed by atoms with Crippen LogP contribution in [0, 0.1) is 17.2 Å². The molecule has 342 valence electrons. The van der Waals surface area contributed by atoms with Crippen LogP contribution < -0.4 is 36.0 Å². The van der Waals surface area contributed by atoms with Crippen molar-refractivity contribution >= 4 is 40.2 Å². The summed E-state index contributed by atoms with van der Waals surface area (Å²) in [5.41, 5.74) is 10.5. The van der Waals surface area contributed by atoms with Gasteiger partial charge in [-0.15, -0.1) is 0 Å². The van der Waals surface area contributed by atoms with E-state index in [1.54, 1.807) is 6.07 Å². The number of halogens is 1. The molecule has 2 aliphatic carbocycles. The first-order valence-corrected chi connectivity index (χ1v) is 24.5. The lowest BCUT2D eigenvalue weighted by Gasteiger charge is -2.65. The van der Waals surface area contributed by atoms with Crippen LogP contribution in [-0.2, 0) is 6.42 Å². The molecule has 64 heavy (non-hydrogen) atoms. The standard InChI is InChI=1S/C53H73FN10/c1-9-24-53(31-52(32-53)33-62(34-52)30-39-22-25-63(26-23-39)48-21-18-42(28-44(48)54)57-45-19-16-35(4)56-37(45)6)60-36(5)41-17-20-46(40(10-2)27-41)58-51-55-29-49-50(59-51)64(43-14-12-13-15-43)47(11-3)38(7)61(49)8/h17-18,20-21,27-29,39,43,45,47,56-57,60H,4-7,9-16,19,22-26,30-34H2,1-3,8H3,(H,55,58,59). The number of likely N-dealkylation sites (tertiary alicyclic amines) is 1. The minimum absolute atomic E-state index is 0.0714. The quantitative estimate of drug-likeness (QED) is 0.118. The number of anilines is 6. The van der Waals surface area contributed by atoms with Gasteiger partial charge in [-0.25, -0.2) is 9.37 Å². The molecular weight excluding hydrogens is 796 g/mol. The molecule has 0 radical (unpaired) electrons. The second-order valence-electron chi connectivity index (χ2n) is 20.3. The highest BCUT2D eigenvalue weighted by molar-refractivity contribution is 5.76. The molecule has 9 rings (SSSR count). The van der Waals surface area contributed by atoms with Crippen LogP contribution in [0.1, 0.15) is 115 Å². The zero-order valence-electron chi connectivity index (χ0n) is 39.2. The lowest BCUT2D eigenvalue weighted by atomic mass is 9.52. The Hall–Kier alpha value is -5.03. The Morgan fingerprint density at radius 2 is 1.72 bits per heavy atom. The zero-order chi connectivity index (χ0) is 44.8. The second-order valence-corrected chi connectivity index (χ2v) is 20.3. The van der Waals surface area contributed by atoms with Crippen molar-refractivity contribution in [3.63, 3.8) is 0 Å². The highest BCUT2D eigenvalue weighted by Gasteiger charge is 2.59. The predicted molar refractivity (Wildman–Crippen MR) is 265 cm³/mol. The van der Waals surface area contributed by atoms with Gasteiger partial charge < -0.3 is 40.9 Å². The van der Waals surface area contributed by atoms with Crippen molar-refractivity contribution < 1.29 is 4.39 Å². The number of aromatic nitrogens is 2. The highest BCUT2D eigenvalue weighted by Crippen LogP contribution is 2.56. The van der Waals surface area contributed by atoms with Gasteiger partial charge in [-0.3, -0.25) is 0 Å². The zero-order valence-corrected chi connectivity index (χ0v) is 39.2. The molecule has 3 saturated heterocycles. The predicted octanol–water partition coefficient (Wildman–Crippen LogP) is 10.7. The van der Waals surface area contributed by atoms with E-state index in [1.807, 2.05) is 18.3 Å². The summed E-state index contributed by atoms with van der Waals surface area (Å²) in [5.74, 6) is 2.15. The number of nitrogens with zero attached hydrogens (tertiary/aromatic N) is 6. The normalized spacial score (nSPS) is 23.4. The van der Waals surface area contributed by atoms with Crippen LogP contribution in [0.4, 0.5) is 38.9 Å². The number of benzene rings is 2. The van der Waals surface area contributed by atoms with Crippen LogP contribution >= 0.6 is 0 Å².